The summed E-state index contributed by atoms with van der Waals surface area (Å²) in [5.74, 6) is 5.21. The predicted molar refractivity (Wildman–Crippen MR) is 120 cm³/mol. The van der Waals surface area contributed by atoms with Crippen LogP contribution in [0.1, 0.15) is 71.6 Å². The molecular weight excluding hydrogens is 378 g/mol. The maximum Gasteiger partial charge on any atom is 0.331 e. The van der Waals surface area contributed by atoms with Crippen molar-refractivity contribution in [3.8, 4) is 0 Å². The van der Waals surface area contributed by atoms with Crippen LogP contribution in [0.25, 0.3) is 0 Å². The zero-order chi connectivity index (χ0) is 20.2. The minimum atomic E-state index is -0.113. The number of ether oxygens (including phenoxy) is 1. The largest absolute Gasteiger partial charge is 0.458 e. The Hall–Kier alpha value is -0.480. The molecule has 0 aromatic heterocycles. The van der Waals surface area contributed by atoms with Crippen LogP contribution in [0, 0.1) is 40.4 Å². The van der Waals surface area contributed by atoms with Gasteiger partial charge in [-0.25, -0.2) is 4.79 Å². The van der Waals surface area contributed by atoms with E-state index in [0.717, 1.165) is 41.2 Å². The Bertz CT molecular complexity index is 692. The van der Waals surface area contributed by atoms with Gasteiger partial charge in [0.1, 0.15) is 6.61 Å². The van der Waals surface area contributed by atoms with Crippen LogP contribution in [-0.4, -0.2) is 30.1 Å². The average molecular weight is 418 g/mol. The molecule has 0 aromatic rings. The molecule has 1 aliphatic heterocycles. The summed E-state index contributed by atoms with van der Waals surface area (Å²) in [7, 11) is 0. The van der Waals surface area contributed by atoms with Gasteiger partial charge in [-0.05, 0) is 104 Å². The van der Waals surface area contributed by atoms with Gasteiger partial charge in [0, 0.05) is 23.6 Å². The molecule has 4 fully saturated rings. The molecule has 0 amide bonds. The van der Waals surface area contributed by atoms with Crippen molar-refractivity contribution in [3.05, 3.63) is 11.6 Å². The molecule has 4 saturated carbocycles. The number of cyclic esters (lactones) is 1. The highest BCUT2D eigenvalue weighted by atomic mass is 32.2. The van der Waals surface area contributed by atoms with Crippen LogP contribution in [0.2, 0.25) is 0 Å². The van der Waals surface area contributed by atoms with Crippen LogP contribution < -0.4 is 5.73 Å². The molecule has 0 bridgehead atoms. The summed E-state index contributed by atoms with van der Waals surface area (Å²) in [6.45, 7) is 6.60. The predicted octanol–water partition coefficient (Wildman–Crippen LogP) is 5.19. The van der Waals surface area contributed by atoms with Crippen LogP contribution >= 0.6 is 11.8 Å². The second-order valence-electron chi connectivity index (χ2n) is 11.2. The first-order chi connectivity index (χ1) is 14.0. The van der Waals surface area contributed by atoms with Crippen molar-refractivity contribution in [2.24, 2.45) is 46.2 Å². The van der Waals surface area contributed by atoms with Gasteiger partial charge in [-0.1, -0.05) is 13.8 Å². The summed E-state index contributed by atoms with van der Waals surface area (Å²) >= 11 is 2.14. The molecule has 0 spiro atoms. The van der Waals surface area contributed by atoms with Gasteiger partial charge >= 0.3 is 5.97 Å². The van der Waals surface area contributed by atoms with Gasteiger partial charge < -0.3 is 10.5 Å². The van der Waals surface area contributed by atoms with E-state index >= 15 is 0 Å². The first-order valence-corrected chi connectivity index (χ1v) is 13.2. The topological polar surface area (TPSA) is 52.3 Å². The third kappa shape index (κ3) is 3.23. The van der Waals surface area contributed by atoms with Crippen molar-refractivity contribution in [2.75, 3.05) is 18.9 Å². The summed E-state index contributed by atoms with van der Waals surface area (Å²) in [5, 5.41) is 0.852. The normalized spacial score (nSPS) is 49.1. The van der Waals surface area contributed by atoms with Gasteiger partial charge in [-0.2, -0.15) is 11.8 Å². The first kappa shape index (κ1) is 20.4. The SMILES string of the molecule is C[C@]12CC[C@H](SCCN)C[C@H]1CC[C@@H]1[C@@H]2CC[C@]2(C)[C@@H](C3=CC(=O)OC3)CC[C@@H]12. The van der Waals surface area contributed by atoms with Crippen molar-refractivity contribution in [1.29, 1.82) is 0 Å². The number of hydrogen-bond donors (Lipinski definition) is 1. The minimum Gasteiger partial charge on any atom is -0.458 e. The number of rotatable bonds is 4. The van der Waals surface area contributed by atoms with Crippen LogP contribution in [0.5, 0.6) is 0 Å². The second kappa shape index (κ2) is 7.58. The van der Waals surface area contributed by atoms with Crippen LogP contribution in [0.4, 0.5) is 0 Å². The van der Waals surface area contributed by atoms with Gasteiger partial charge in [0.25, 0.3) is 0 Å². The molecule has 4 heteroatoms. The molecule has 4 aliphatic carbocycles. The Morgan fingerprint density at radius 1 is 1.07 bits per heavy atom. The maximum absolute atomic E-state index is 11.7. The number of hydrogen-bond acceptors (Lipinski definition) is 4. The van der Waals surface area contributed by atoms with Crippen molar-refractivity contribution >= 4 is 17.7 Å². The molecule has 1 heterocycles. The fourth-order valence-electron chi connectivity index (χ4n) is 8.80. The molecule has 3 nitrogen and oxygen atoms in total. The van der Waals surface area contributed by atoms with Gasteiger partial charge in [0.2, 0.25) is 0 Å². The lowest BCUT2D eigenvalue weighted by atomic mass is 9.44. The third-order valence-corrected chi connectivity index (χ3v) is 11.6. The number of nitrogens with two attached hydrogens (primary N) is 1. The monoisotopic (exact) mass is 417 g/mol. The molecular formula is C25H39NO2S. The van der Waals surface area contributed by atoms with Crippen molar-refractivity contribution in [3.63, 3.8) is 0 Å². The van der Waals surface area contributed by atoms with E-state index in [1.54, 1.807) is 0 Å². The molecule has 0 unspecified atom stereocenters. The van der Waals surface area contributed by atoms with Gasteiger partial charge in [-0.15, -0.1) is 0 Å². The van der Waals surface area contributed by atoms with E-state index in [9.17, 15) is 4.79 Å². The smallest absolute Gasteiger partial charge is 0.331 e. The van der Waals surface area contributed by atoms with E-state index in [1.807, 2.05) is 6.08 Å². The average Bonchev–Trinajstić information content (AvgIpc) is 3.28. The van der Waals surface area contributed by atoms with E-state index in [4.69, 9.17) is 10.5 Å². The highest BCUT2D eigenvalue weighted by Gasteiger charge is 2.60. The van der Waals surface area contributed by atoms with Crippen molar-refractivity contribution < 1.29 is 9.53 Å². The minimum absolute atomic E-state index is 0.113. The fourth-order valence-corrected chi connectivity index (χ4v) is 9.93. The van der Waals surface area contributed by atoms with E-state index in [0.29, 0.717) is 23.4 Å². The van der Waals surface area contributed by atoms with Crippen molar-refractivity contribution in [1.82, 2.24) is 0 Å². The lowest BCUT2D eigenvalue weighted by Gasteiger charge is -2.61. The summed E-state index contributed by atoms with van der Waals surface area (Å²) in [4.78, 5) is 11.7. The molecule has 5 rings (SSSR count). The maximum atomic E-state index is 11.7. The summed E-state index contributed by atoms with van der Waals surface area (Å²) in [6.07, 6.45) is 14.4. The highest BCUT2D eigenvalue weighted by Crippen LogP contribution is 2.68. The van der Waals surface area contributed by atoms with Gasteiger partial charge in [-0.3, -0.25) is 0 Å². The highest BCUT2D eigenvalue weighted by molar-refractivity contribution is 7.99. The van der Waals surface area contributed by atoms with Gasteiger partial charge in [0.15, 0.2) is 0 Å². The Morgan fingerprint density at radius 3 is 2.62 bits per heavy atom. The third-order valence-electron chi connectivity index (χ3n) is 10.2. The number of thioether (sulfide) groups is 1. The number of esters is 1. The van der Waals surface area contributed by atoms with E-state index in [-0.39, 0.29) is 5.97 Å². The van der Waals surface area contributed by atoms with Crippen molar-refractivity contribution in [2.45, 2.75) is 76.9 Å². The second-order valence-corrected chi connectivity index (χ2v) is 12.6. The number of carbonyl (C=O) groups is 1. The van der Waals surface area contributed by atoms with E-state index < -0.39 is 0 Å². The zero-order valence-corrected chi connectivity index (χ0v) is 19.1. The Labute approximate surface area is 181 Å². The standard InChI is InChI=1S/C25H39NO2S/c1-24-9-7-18(29-12-11-26)14-17(24)3-4-19-21-6-5-20(16-13-23(27)28-15-16)25(21,2)10-8-22(19)24/h13,17-22H,3-12,14-15,26H2,1-2H3/t17-,18+,19+,20-,21+,22+,24+,25-/m1/s1. The summed E-state index contributed by atoms with van der Waals surface area (Å²) in [6, 6.07) is 0. The lowest BCUT2D eigenvalue weighted by molar-refractivity contribution is -0.135. The summed E-state index contributed by atoms with van der Waals surface area (Å²) in [5.41, 5.74) is 8.02. The quantitative estimate of drug-likeness (QED) is 0.640. The molecule has 29 heavy (non-hydrogen) atoms. The molecule has 162 valence electrons. The molecule has 0 saturated heterocycles. The fraction of sp³-hybridized carbons (Fsp3) is 0.880. The molecule has 2 N–H and O–H groups in total. The lowest BCUT2D eigenvalue weighted by Crippen LogP contribution is -2.53. The zero-order valence-electron chi connectivity index (χ0n) is 18.3. The molecule has 0 radical (unpaired) electrons. The van der Waals surface area contributed by atoms with E-state index in [2.05, 4.69) is 25.6 Å². The first-order valence-electron chi connectivity index (χ1n) is 12.1. The van der Waals surface area contributed by atoms with E-state index in [1.165, 1.54) is 63.4 Å². The van der Waals surface area contributed by atoms with Crippen LogP contribution in [-0.2, 0) is 9.53 Å². The van der Waals surface area contributed by atoms with Crippen LogP contribution in [0.15, 0.2) is 11.6 Å². The molecule has 5 aliphatic rings. The molecule has 0 aromatic carbocycles. The number of carbonyl (C=O) groups excluding carboxylic acids is 1. The summed E-state index contributed by atoms with van der Waals surface area (Å²) < 4.78 is 5.29. The molecule has 8 atom stereocenters. The Kier molecular flexibility index (Phi) is 5.34. The Morgan fingerprint density at radius 2 is 1.86 bits per heavy atom. The Balaban J connectivity index is 1.33. The van der Waals surface area contributed by atoms with Gasteiger partial charge in [0.05, 0.1) is 0 Å². The number of fused-ring (bicyclic) bond motifs is 5. The van der Waals surface area contributed by atoms with Crippen LogP contribution in [0.3, 0.4) is 0 Å².